The number of hydrogen-bond donors (Lipinski definition) is 3. The zero-order valence-electron chi connectivity index (χ0n) is 20.9. The van der Waals surface area contributed by atoms with Gasteiger partial charge in [0.25, 0.3) is 11.5 Å². The molecule has 0 saturated carbocycles. The van der Waals surface area contributed by atoms with Crippen molar-refractivity contribution in [2.24, 2.45) is 0 Å². The number of carbonyl (C=O) groups is 1. The third-order valence-electron chi connectivity index (χ3n) is 6.83. The fourth-order valence-electron chi connectivity index (χ4n) is 4.87. The number of aliphatic hydroxyl groups is 1. The van der Waals surface area contributed by atoms with Crippen molar-refractivity contribution >= 4 is 22.6 Å². The van der Waals surface area contributed by atoms with Crippen molar-refractivity contribution in [3.8, 4) is 5.75 Å². The molecule has 1 fully saturated rings. The Hall–Kier alpha value is -4.24. The highest BCUT2D eigenvalue weighted by Crippen LogP contribution is 2.27. The Morgan fingerprint density at radius 1 is 1.00 bits per heavy atom. The SMILES string of the molecule is O=C(NCCO)c1c(O)c2ncc(Cc3ccc(F)cc3)cc2n(Cc2ccc(N3CCCC3)cc2)c1=O. The molecule has 1 aliphatic rings. The summed E-state index contributed by atoms with van der Waals surface area (Å²) in [7, 11) is 0. The molecule has 4 aromatic rings. The first kappa shape index (κ1) is 25.4. The third kappa shape index (κ3) is 5.24. The van der Waals surface area contributed by atoms with E-state index in [1.807, 2.05) is 24.3 Å². The number of pyridine rings is 2. The minimum Gasteiger partial charge on any atom is -0.505 e. The van der Waals surface area contributed by atoms with E-state index in [2.05, 4.69) is 15.2 Å². The Kier molecular flexibility index (Phi) is 7.37. The van der Waals surface area contributed by atoms with Gasteiger partial charge in [0.1, 0.15) is 16.9 Å². The van der Waals surface area contributed by atoms with Gasteiger partial charge in [-0.3, -0.25) is 14.6 Å². The average molecular weight is 517 g/mol. The van der Waals surface area contributed by atoms with Crippen LogP contribution in [0, 0.1) is 5.82 Å². The van der Waals surface area contributed by atoms with Crippen molar-refractivity contribution in [1.29, 1.82) is 0 Å². The Balaban J connectivity index is 1.57. The van der Waals surface area contributed by atoms with Gasteiger partial charge >= 0.3 is 0 Å². The molecule has 3 N–H and O–H groups in total. The summed E-state index contributed by atoms with van der Waals surface area (Å²) in [6, 6.07) is 15.9. The highest BCUT2D eigenvalue weighted by Gasteiger charge is 2.23. The van der Waals surface area contributed by atoms with Crippen LogP contribution in [0.4, 0.5) is 10.1 Å². The van der Waals surface area contributed by atoms with Crippen LogP contribution in [0.25, 0.3) is 11.0 Å². The molecular weight excluding hydrogens is 487 g/mol. The number of carbonyl (C=O) groups excluding carboxylic acids is 1. The Morgan fingerprint density at radius 3 is 2.37 bits per heavy atom. The maximum absolute atomic E-state index is 13.6. The molecule has 3 heterocycles. The number of hydrogen-bond acceptors (Lipinski definition) is 6. The lowest BCUT2D eigenvalue weighted by molar-refractivity contribution is 0.0940. The summed E-state index contributed by atoms with van der Waals surface area (Å²) in [5.74, 6) is -1.61. The van der Waals surface area contributed by atoms with Crippen LogP contribution in [0.3, 0.4) is 0 Å². The number of fused-ring (bicyclic) bond motifs is 1. The van der Waals surface area contributed by atoms with Crippen LogP contribution >= 0.6 is 0 Å². The molecule has 1 amide bonds. The molecule has 1 aliphatic heterocycles. The maximum Gasteiger partial charge on any atom is 0.268 e. The molecule has 9 heteroatoms. The Bertz CT molecular complexity index is 1510. The van der Waals surface area contributed by atoms with Crippen LogP contribution in [0.1, 0.15) is 39.9 Å². The van der Waals surface area contributed by atoms with Gasteiger partial charge in [0.2, 0.25) is 0 Å². The average Bonchev–Trinajstić information content (AvgIpc) is 3.47. The molecule has 0 aliphatic carbocycles. The topological polar surface area (TPSA) is 108 Å². The van der Waals surface area contributed by atoms with Crippen LogP contribution < -0.4 is 15.8 Å². The van der Waals surface area contributed by atoms with Gasteiger partial charge < -0.3 is 25.0 Å². The first-order valence-electron chi connectivity index (χ1n) is 12.7. The summed E-state index contributed by atoms with van der Waals surface area (Å²) in [6.07, 6.45) is 4.36. The van der Waals surface area contributed by atoms with Crippen LogP contribution in [-0.2, 0) is 13.0 Å². The van der Waals surface area contributed by atoms with Gasteiger partial charge in [-0.05, 0) is 66.3 Å². The minimum absolute atomic E-state index is 0.0578. The largest absolute Gasteiger partial charge is 0.505 e. The molecule has 8 nitrogen and oxygen atoms in total. The Morgan fingerprint density at radius 2 is 1.68 bits per heavy atom. The molecule has 0 atom stereocenters. The first-order chi connectivity index (χ1) is 18.4. The molecular formula is C29H29FN4O4. The number of anilines is 1. The monoisotopic (exact) mass is 516 g/mol. The van der Waals surface area contributed by atoms with E-state index >= 15 is 0 Å². The number of aliphatic hydroxyl groups excluding tert-OH is 1. The van der Waals surface area contributed by atoms with E-state index in [4.69, 9.17) is 5.11 Å². The molecule has 5 rings (SSSR count). The molecule has 0 spiro atoms. The summed E-state index contributed by atoms with van der Waals surface area (Å²) in [6.45, 7) is 1.85. The van der Waals surface area contributed by atoms with Crippen LogP contribution in [-0.4, -0.2) is 51.9 Å². The van der Waals surface area contributed by atoms with Gasteiger partial charge in [-0.25, -0.2) is 4.39 Å². The first-order valence-corrected chi connectivity index (χ1v) is 12.7. The molecule has 2 aromatic heterocycles. The molecule has 0 bridgehead atoms. The number of aromatic nitrogens is 2. The normalized spacial score (nSPS) is 13.3. The number of nitrogens with zero attached hydrogens (tertiary/aromatic N) is 3. The van der Waals surface area contributed by atoms with E-state index in [0.29, 0.717) is 11.9 Å². The fraction of sp³-hybridized carbons (Fsp3) is 0.276. The number of nitrogens with one attached hydrogen (secondary N) is 1. The Labute approximate surface area is 219 Å². The van der Waals surface area contributed by atoms with E-state index in [1.54, 1.807) is 24.4 Å². The second kappa shape index (κ2) is 11.0. The standard InChI is InChI=1S/C29H29FN4O4/c30-22-7-3-19(4-8-22)15-21-16-24-26(32-17-21)27(36)25(28(37)31-11-14-35)29(38)34(24)18-20-5-9-23(10-6-20)33-12-1-2-13-33/h3-10,16-17,35-36H,1-2,11-15,18H2,(H,31,37). The van der Waals surface area contributed by atoms with E-state index in [-0.39, 0.29) is 31.0 Å². The van der Waals surface area contributed by atoms with Crippen molar-refractivity contribution in [3.05, 3.63) is 99.2 Å². The lowest BCUT2D eigenvalue weighted by Gasteiger charge is -2.18. The summed E-state index contributed by atoms with van der Waals surface area (Å²) in [5.41, 5.74) is 3.04. The summed E-state index contributed by atoms with van der Waals surface area (Å²) in [4.78, 5) is 33.1. The molecule has 0 radical (unpaired) electrons. The minimum atomic E-state index is -0.779. The van der Waals surface area contributed by atoms with Crippen molar-refractivity contribution in [3.63, 3.8) is 0 Å². The van der Waals surface area contributed by atoms with Gasteiger partial charge in [0.05, 0.1) is 18.7 Å². The van der Waals surface area contributed by atoms with Crippen molar-refractivity contribution in [2.75, 3.05) is 31.1 Å². The van der Waals surface area contributed by atoms with Crippen LogP contribution in [0.5, 0.6) is 5.75 Å². The number of benzene rings is 2. The van der Waals surface area contributed by atoms with E-state index in [9.17, 15) is 19.1 Å². The molecule has 1 saturated heterocycles. The second-order valence-corrected chi connectivity index (χ2v) is 9.47. The quantitative estimate of drug-likeness (QED) is 0.332. The van der Waals surface area contributed by atoms with Gasteiger partial charge in [0, 0.05) is 31.5 Å². The lowest BCUT2D eigenvalue weighted by Crippen LogP contribution is -2.35. The molecule has 196 valence electrons. The highest BCUT2D eigenvalue weighted by molar-refractivity contribution is 6.01. The van der Waals surface area contributed by atoms with E-state index in [0.717, 1.165) is 35.5 Å². The van der Waals surface area contributed by atoms with Gasteiger partial charge in [-0.1, -0.05) is 24.3 Å². The summed E-state index contributed by atoms with van der Waals surface area (Å²) in [5, 5.41) is 22.5. The van der Waals surface area contributed by atoms with Crippen LogP contribution in [0.2, 0.25) is 0 Å². The number of amides is 1. The van der Waals surface area contributed by atoms with Crippen molar-refractivity contribution in [2.45, 2.75) is 25.8 Å². The highest BCUT2D eigenvalue weighted by atomic mass is 19.1. The summed E-state index contributed by atoms with van der Waals surface area (Å²) >= 11 is 0. The number of halogens is 1. The van der Waals surface area contributed by atoms with Gasteiger partial charge in [0.15, 0.2) is 5.75 Å². The zero-order valence-corrected chi connectivity index (χ0v) is 20.9. The predicted molar refractivity (Wildman–Crippen MR) is 143 cm³/mol. The second-order valence-electron chi connectivity index (χ2n) is 9.47. The van der Waals surface area contributed by atoms with E-state index < -0.39 is 22.8 Å². The lowest BCUT2D eigenvalue weighted by atomic mass is 10.0. The predicted octanol–water partition coefficient (Wildman–Crippen LogP) is 3.20. The van der Waals surface area contributed by atoms with Gasteiger partial charge in [-0.15, -0.1) is 0 Å². The molecule has 2 aromatic carbocycles. The fourth-order valence-corrected chi connectivity index (χ4v) is 4.87. The zero-order chi connectivity index (χ0) is 26.6. The van der Waals surface area contributed by atoms with E-state index in [1.165, 1.54) is 29.5 Å². The molecule has 38 heavy (non-hydrogen) atoms. The number of rotatable bonds is 8. The smallest absolute Gasteiger partial charge is 0.268 e. The van der Waals surface area contributed by atoms with Crippen molar-refractivity contribution in [1.82, 2.24) is 14.9 Å². The van der Waals surface area contributed by atoms with Crippen molar-refractivity contribution < 1.29 is 19.4 Å². The maximum atomic E-state index is 13.6. The van der Waals surface area contributed by atoms with Crippen LogP contribution in [0.15, 0.2) is 65.6 Å². The van der Waals surface area contributed by atoms with Gasteiger partial charge in [-0.2, -0.15) is 0 Å². The molecule has 0 unspecified atom stereocenters. The summed E-state index contributed by atoms with van der Waals surface area (Å²) < 4.78 is 14.8. The third-order valence-corrected chi connectivity index (χ3v) is 6.83. The number of aromatic hydroxyl groups is 1.